The Morgan fingerprint density at radius 1 is 1.17 bits per heavy atom. The zero-order chi connectivity index (χ0) is 13.8. The van der Waals surface area contributed by atoms with Crippen LogP contribution in [0.2, 0.25) is 0 Å². The van der Waals surface area contributed by atoms with Gasteiger partial charge in [-0.15, -0.1) is 0 Å². The van der Waals surface area contributed by atoms with Crippen LogP contribution in [-0.2, 0) is 14.3 Å². The normalized spacial score (nSPS) is 11.9. The van der Waals surface area contributed by atoms with Crippen LogP contribution in [0.15, 0.2) is 0 Å². The molecule has 0 spiro atoms. The molecular weight excluding hydrogens is 230 g/mol. The summed E-state index contributed by atoms with van der Waals surface area (Å²) in [5, 5.41) is 2.70. The molecule has 0 aromatic heterocycles. The lowest BCUT2D eigenvalue weighted by Crippen LogP contribution is -2.21. The number of rotatable bonds is 10. The smallest absolute Gasteiger partial charge is 0.306 e. The molecule has 106 valence electrons. The van der Waals surface area contributed by atoms with Crippen LogP contribution in [0, 0.1) is 0 Å². The van der Waals surface area contributed by atoms with E-state index in [1.165, 1.54) is 19.8 Å². The molecule has 4 heteroatoms. The van der Waals surface area contributed by atoms with E-state index in [-0.39, 0.29) is 18.0 Å². The SMILES string of the molecule is CCCCCC(C)OC(=O)CCCCNC(C)=O. The molecule has 0 aliphatic carbocycles. The lowest BCUT2D eigenvalue weighted by molar-refractivity contribution is -0.148. The summed E-state index contributed by atoms with van der Waals surface area (Å²) >= 11 is 0. The fourth-order valence-corrected chi connectivity index (χ4v) is 1.68. The van der Waals surface area contributed by atoms with Crippen LogP contribution in [0.3, 0.4) is 0 Å². The summed E-state index contributed by atoms with van der Waals surface area (Å²) in [4.78, 5) is 22.1. The molecule has 0 fully saturated rings. The van der Waals surface area contributed by atoms with Gasteiger partial charge in [0.2, 0.25) is 5.91 Å². The second-order valence-corrected chi connectivity index (χ2v) is 4.74. The Balaban J connectivity index is 3.43. The van der Waals surface area contributed by atoms with Crippen molar-refractivity contribution in [1.82, 2.24) is 5.32 Å². The minimum absolute atomic E-state index is 0.0258. The summed E-state index contributed by atoms with van der Waals surface area (Å²) < 4.78 is 5.30. The zero-order valence-electron chi connectivity index (χ0n) is 12.0. The van der Waals surface area contributed by atoms with Crippen LogP contribution < -0.4 is 5.32 Å². The van der Waals surface area contributed by atoms with E-state index in [1.54, 1.807) is 0 Å². The fourth-order valence-electron chi connectivity index (χ4n) is 1.68. The van der Waals surface area contributed by atoms with Gasteiger partial charge in [0.15, 0.2) is 0 Å². The highest BCUT2D eigenvalue weighted by Crippen LogP contribution is 2.08. The first-order valence-electron chi connectivity index (χ1n) is 7.00. The third kappa shape index (κ3) is 11.4. The number of hydrogen-bond donors (Lipinski definition) is 1. The van der Waals surface area contributed by atoms with Gasteiger partial charge >= 0.3 is 5.97 Å². The molecule has 0 aromatic carbocycles. The minimum atomic E-state index is -0.123. The number of unbranched alkanes of at least 4 members (excludes halogenated alkanes) is 3. The molecule has 0 aliphatic heterocycles. The van der Waals surface area contributed by atoms with Gasteiger partial charge in [0.25, 0.3) is 0 Å². The van der Waals surface area contributed by atoms with E-state index in [9.17, 15) is 9.59 Å². The largest absolute Gasteiger partial charge is 0.463 e. The van der Waals surface area contributed by atoms with Gasteiger partial charge in [-0.2, -0.15) is 0 Å². The van der Waals surface area contributed by atoms with E-state index in [2.05, 4.69) is 12.2 Å². The number of hydrogen-bond acceptors (Lipinski definition) is 3. The first-order valence-corrected chi connectivity index (χ1v) is 7.00. The molecule has 18 heavy (non-hydrogen) atoms. The molecule has 0 saturated heterocycles. The highest BCUT2D eigenvalue weighted by Gasteiger charge is 2.08. The Labute approximate surface area is 110 Å². The van der Waals surface area contributed by atoms with Crippen molar-refractivity contribution in [1.29, 1.82) is 0 Å². The minimum Gasteiger partial charge on any atom is -0.463 e. The maximum absolute atomic E-state index is 11.5. The van der Waals surface area contributed by atoms with Gasteiger partial charge in [-0.25, -0.2) is 0 Å². The van der Waals surface area contributed by atoms with Crippen molar-refractivity contribution in [3.05, 3.63) is 0 Å². The second-order valence-electron chi connectivity index (χ2n) is 4.74. The number of nitrogens with one attached hydrogen (secondary N) is 1. The van der Waals surface area contributed by atoms with Gasteiger partial charge < -0.3 is 10.1 Å². The lowest BCUT2D eigenvalue weighted by Gasteiger charge is -2.12. The van der Waals surface area contributed by atoms with Crippen LogP contribution in [0.4, 0.5) is 0 Å². The van der Waals surface area contributed by atoms with Crippen LogP contribution in [0.25, 0.3) is 0 Å². The van der Waals surface area contributed by atoms with Crippen molar-refractivity contribution < 1.29 is 14.3 Å². The van der Waals surface area contributed by atoms with Crippen LogP contribution in [0.5, 0.6) is 0 Å². The Kier molecular flexibility index (Phi) is 10.4. The van der Waals surface area contributed by atoms with Gasteiger partial charge in [-0.1, -0.05) is 19.8 Å². The predicted molar refractivity (Wildman–Crippen MR) is 72.2 cm³/mol. The molecule has 1 unspecified atom stereocenters. The third-order valence-corrected chi connectivity index (χ3v) is 2.73. The van der Waals surface area contributed by atoms with E-state index in [1.807, 2.05) is 6.92 Å². The number of esters is 1. The summed E-state index contributed by atoms with van der Waals surface area (Å²) in [6.45, 7) is 6.23. The molecule has 0 aliphatic rings. The molecule has 0 radical (unpaired) electrons. The Bertz CT molecular complexity index is 241. The van der Waals surface area contributed by atoms with Gasteiger partial charge in [-0.05, 0) is 32.6 Å². The van der Waals surface area contributed by atoms with Crippen molar-refractivity contribution in [2.45, 2.75) is 71.8 Å². The van der Waals surface area contributed by atoms with Crippen molar-refractivity contribution in [3.8, 4) is 0 Å². The monoisotopic (exact) mass is 257 g/mol. The molecule has 0 saturated carbocycles. The van der Waals surface area contributed by atoms with Gasteiger partial charge in [0, 0.05) is 19.9 Å². The van der Waals surface area contributed by atoms with Crippen LogP contribution in [0.1, 0.15) is 65.7 Å². The standard InChI is InChI=1S/C14H27NO3/c1-4-5-6-9-12(2)18-14(17)10-7-8-11-15-13(3)16/h12H,4-11H2,1-3H3,(H,15,16). The van der Waals surface area contributed by atoms with Crippen LogP contribution >= 0.6 is 0 Å². The number of carbonyl (C=O) groups is 2. The molecular formula is C14H27NO3. The summed E-state index contributed by atoms with van der Waals surface area (Å²) in [6, 6.07) is 0. The highest BCUT2D eigenvalue weighted by atomic mass is 16.5. The first-order chi connectivity index (χ1) is 8.56. The molecule has 0 rings (SSSR count). The maximum Gasteiger partial charge on any atom is 0.306 e. The third-order valence-electron chi connectivity index (χ3n) is 2.73. The van der Waals surface area contributed by atoms with E-state index in [0.29, 0.717) is 13.0 Å². The summed E-state index contributed by atoms with van der Waals surface area (Å²) in [7, 11) is 0. The van der Waals surface area contributed by atoms with E-state index in [4.69, 9.17) is 4.74 Å². The molecule has 1 atom stereocenters. The predicted octanol–water partition coefficient (Wildman–Crippen LogP) is 2.80. The summed E-state index contributed by atoms with van der Waals surface area (Å²) in [5.41, 5.74) is 0. The molecule has 1 N–H and O–H groups in total. The molecule has 1 amide bonds. The molecule has 0 aromatic rings. The van der Waals surface area contributed by atoms with Gasteiger partial charge in [0.1, 0.15) is 0 Å². The number of ether oxygens (including phenoxy) is 1. The Hall–Kier alpha value is -1.06. The topological polar surface area (TPSA) is 55.4 Å². The summed E-state index contributed by atoms with van der Waals surface area (Å²) in [5.74, 6) is -0.149. The average Bonchev–Trinajstić information content (AvgIpc) is 2.28. The van der Waals surface area contributed by atoms with Crippen LogP contribution in [-0.4, -0.2) is 24.5 Å². The molecule has 0 heterocycles. The summed E-state index contributed by atoms with van der Waals surface area (Å²) in [6.07, 6.45) is 6.50. The maximum atomic E-state index is 11.5. The zero-order valence-corrected chi connectivity index (χ0v) is 12.0. The van der Waals surface area contributed by atoms with Gasteiger partial charge in [-0.3, -0.25) is 9.59 Å². The van der Waals surface area contributed by atoms with E-state index < -0.39 is 0 Å². The van der Waals surface area contributed by atoms with Gasteiger partial charge in [0.05, 0.1) is 6.10 Å². The quantitative estimate of drug-likeness (QED) is 0.483. The first kappa shape index (κ1) is 16.9. The van der Waals surface area contributed by atoms with Crippen molar-refractivity contribution in [2.75, 3.05) is 6.54 Å². The van der Waals surface area contributed by atoms with Crippen molar-refractivity contribution in [3.63, 3.8) is 0 Å². The highest BCUT2D eigenvalue weighted by molar-refractivity contribution is 5.72. The Morgan fingerprint density at radius 3 is 2.50 bits per heavy atom. The van der Waals surface area contributed by atoms with Crippen molar-refractivity contribution >= 4 is 11.9 Å². The fraction of sp³-hybridized carbons (Fsp3) is 0.857. The Morgan fingerprint density at radius 2 is 1.89 bits per heavy atom. The van der Waals surface area contributed by atoms with E-state index >= 15 is 0 Å². The number of amides is 1. The lowest BCUT2D eigenvalue weighted by atomic mass is 10.1. The van der Waals surface area contributed by atoms with Crippen molar-refractivity contribution in [2.24, 2.45) is 0 Å². The molecule has 0 bridgehead atoms. The van der Waals surface area contributed by atoms with E-state index in [0.717, 1.165) is 25.7 Å². The molecule has 4 nitrogen and oxygen atoms in total. The second kappa shape index (κ2) is 11.1. The average molecular weight is 257 g/mol. The number of carbonyl (C=O) groups excluding carboxylic acids is 2.